The predicted octanol–water partition coefficient (Wildman–Crippen LogP) is 10.6. The SMILES string of the molecule is CO[Si](CCCC(F)(F)CC(F)(F)CC(F)(F)CC(F)(F)F)(CCCC(F)(F)CC(F)(F)CC(F)(F)CC(F)(F)F)OC. The quantitative estimate of drug-likeness (QED) is 0.0932. The summed E-state index contributed by atoms with van der Waals surface area (Å²) >= 11 is 0. The summed E-state index contributed by atoms with van der Waals surface area (Å²) in [7, 11) is -1.83. The molecule has 0 atom stereocenters. The minimum absolute atomic E-state index is 0.517. The van der Waals surface area contributed by atoms with Crippen LogP contribution in [-0.2, 0) is 8.85 Å². The van der Waals surface area contributed by atoms with Crippen LogP contribution >= 0.6 is 0 Å². The van der Waals surface area contributed by atoms with E-state index in [-0.39, 0.29) is 0 Å². The van der Waals surface area contributed by atoms with Crippen molar-refractivity contribution in [2.75, 3.05) is 14.2 Å². The number of rotatable bonds is 20. The summed E-state index contributed by atoms with van der Waals surface area (Å²) in [5.41, 5.74) is 0. The lowest BCUT2D eigenvalue weighted by Gasteiger charge is -2.30. The lowest BCUT2D eigenvalue weighted by molar-refractivity contribution is -0.216. The average molecular weight is 697 g/mol. The summed E-state index contributed by atoms with van der Waals surface area (Å²) in [6, 6.07) is -1.03. The summed E-state index contributed by atoms with van der Waals surface area (Å²) in [5.74, 6) is -28.7. The van der Waals surface area contributed by atoms with Gasteiger partial charge in [0, 0.05) is 27.1 Å². The highest BCUT2D eigenvalue weighted by molar-refractivity contribution is 6.67. The summed E-state index contributed by atoms with van der Waals surface area (Å²) in [6.07, 6.45) is -32.1. The van der Waals surface area contributed by atoms with Crippen LogP contribution in [0, 0.1) is 0 Å². The Morgan fingerprint density at radius 2 is 0.605 bits per heavy atom. The van der Waals surface area contributed by atoms with Gasteiger partial charge in [0.1, 0.15) is 12.8 Å². The molecule has 2 nitrogen and oxygen atoms in total. The van der Waals surface area contributed by atoms with Gasteiger partial charge in [0.25, 0.3) is 35.5 Å². The lowest BCUT2D eigenvalue weighted by Crippen LogP contribution is -2.41. The molecule has 0 heterocycles. The normalized spacial score (nSPS) is 15.3. The molecule has 0 unspecified atom stereocenters. The Bertz CT molecular complexity index is 773. The number of hydrogen-bond donors (Lipinski definition) is 0. The fourth-order valence-corrected chi connectivity index (χ4v) is 7.04. The van der Waals surface area contributed by atoms with E-state index in [0.717, 1.165) is 14.2 Å². The van der Waals surface area contributed by atoms with Gasteiger partial charge < -0.3 is 8.85 Å². The molecule has 0 aromatic rings. The van der Waals surface area contributed by atoms with Crippen molar-refractivity contribution in [3.8, 4) is 0 Å². The molecule has 0 aliphatic heterocycles. The van der Waals surface area contributed by atoms with Crippen molar-refractivity contribution in [3.05, 3.63) is 0 Å². The van der Waals surface area contributed by atoms with Gasteiger partial charge in [-0.2, -0.15) is 26.3 Å². The first kappa shape index (κ1) is 41.9. The van der Waals surface area contributed by atoms with E-state index in [1.165, 1.54) is 0 Å². The van der Waals surface area contributed by atoms with Crippen LogP contribution < -0.4 is 0 Å². The molecule has 0 aliphatic rings. The molecule has 43 heavy (non-hydrogen) atoms. The molecular weight excluding hydrogens is 666 g/mol. The van der Waals surface area contributed by atoms with Crippen LogP contribution in [0.1, 0.15) is 64.2 Å². The van der Waals surface area contributed by atoms with Crippen molar-refractivity contribution in [2.45, 2.75) is 124 Å². The fraction of sp³-hybridized carbons (Fsp3) is 1.00. The van der Waals surface area contributed by atoms with Gasteiger partial charge in [-0.3, -0.25) is 0 Å². The van der Waals surface area contributed by atoms with E-state index < -0.39 is 133 Å². The molecule has 0 saturated carbocycles. The summed E-state index contributed by atoms with van der Waals surface area (Å²) in [5, 5.41) is 0. The molecule has 260 valence electrons. The van der Waals surface area contributed by atoms with Crippen LogP contribution in [0.2, 0.25) is 12.1 Å². The fourth-order valence-electron chi connectivity index (χ4n) is 4.38. The Hall–Kier alpha value is -1.12. The van der Waals surface area contributed by atoms with E-state index in [1.54, 1.807) is 0 Å². The van der Waals surface area contributed by atoms with E-state index in [9.17, 15) is 79.0 Å². The molecule has 0 rings (SSSR count). The van der Waals surface area contributed by atoms with Crippen LogP contribution in [0.25, 0.3) is 0 Å². The highest BCUT2D eigenvalue weighted by Crippen LogP contribution is 2.46. The van der Waals surface area contributed by atoms with E-state index >= 15 is 0 Å². The maximum atomic E-state index is 14.1. The molecule has 0 N–H and O–H groups in total. The molecule has 0 bridgehead atoms. The molecule has 21 heteroatoms. The smallest absolute Gasteiger partial charge is 0.394 e. The predicted molar refractivity (Wildman–Crippen MR) is 117 cm³/mol. The second-order valence-electron chi connectivity index (χ2n) is 10.5. The number of halogens is 18. The molecule has 0 fully saturated rings. The van der Waals surface area contributed by atoms with Crippen LogP contribution in [-0.4, -0.2) is 70.7 Å². The Labute approximate surface area is 235 Å². The van der Waals surface area contributed by atoms with Crippen LogP contribution in [0.15, 0.2) is 0 Å². The maximum absolute atomic E-state index is 14.1. The average Bonchev–Trinajstić information content (AvgIpc) is 2.64. The van der Waals surface area contributed by atoms with Crippen molar-refractivity contribution in [2.24, 2.45) is 0 Å². The van der Waals surface area contributed by atoms with Crippen molar-refractivity contribution >= 4 is 8.56 Å². The first-order valence-corrected chi connectivity index (χ1v) is 14.5. The Kier molecular flexibility index (Phi) is 14.2. The van der Waals surface area contributed by atoms with Gasteiger partial charge in [-0.05, 0) is 24.9 Å². The zero-order chi connectivity index (χ0) is 34.4. The van der Waals surface area contributed by atoms with E-state index in [2.05, 4.69) is 0 Å². The molecule has 0 amide bonds. The van der Waals surface area contributed by atoms with Gasteiger partial charge in [-0.15, -0.1) is 0 Å². The minimum atomic E-state index is -5.55. The second-order valence-corrected chi connectivity index (χ2v) is 14.1. The maximum Gasteiger partial charge on any atom is 0.394 e. The summed E-state index contributed by atoms with van der Waals surface area (Å²) in [4.78, 5) is 0. The highest BCUT2D eigenvalue weighted by atomic mass is 28.4. The van der Waals surface area contributed by atoms with Gasteiger partial charge in [0.05, 0.1) is 25.7 Å². The molecular formula is C22H30F18O2Si. The van der Waals surface area contributed by atoms with Gasteiger partial charge in [0.2, 0.25) is 0 Å². The standard InChI is InChI=1S/C22H30F18O2Si/c1-41-43(42-2,7-3-5-15(23,24)9-17(27,28)11-19(31,32)13-21(35,36)37)8-4-6-16(25,26)10-18(29,30)12-20(33,34)14-22(38,39)40/h3-14H2,1-2H3. The molecule has 0 radical (unpaired) electrons. The van der Waals surface area contributed by atoms with Gasteiger partial charge in [-0.1, -0.05) is 0 Å². The Balaban J connectivity index is 5.11. The summed E-state index contributed by atoms with van der Waals surface area (Å²) in [6.45, 7) is 0. The van der Waals surface area contributed by atoms with Crippen LogP contribution in [0.3, 0.4) is 0 Å². The van der Waals surface area contributed by atoms with Gasteiger partial charge in [0.15, 0.2) is 0 Å². The van der Waals surface area contributed by atoms with Crippen LogP contribution in [0.5, 0.6) is 0 Å². The zero-order valence-electron chi connectivity index (χ0n) is 22.6. The lowest BCUT2D eigenvalue weighted by atomic mass is 9.99. The van der Waals surface area contributed by atoms with Crippen molar-refractivity contribution in [1.82, 2.24) is 0 Å². The molecule has 0 aliphatic carbocycles. The molecule has 0 aromatic carbocycles. The summed E-state index contributed by atoms with van der Waals surface area (Å²) < 4.78 is 247. The van der Waals surface area contributed by atoms with Crippen molar-refractivity contribution in [3.63, 3.8) is 0 Å². The minimum Gasteiger partial charge on any atom is -0.398 e. The Morgan fingerprint density at radius 3 is 0.837 bits per heavy atom. The van der Waals surface area contributed by atoms with E-state index in [4.69, 9.17) is 8.85 Å². The zero-order valence-corrected chi connectivity index (χ0v) is 23.6. The van der Waals surface area contributed by atoms with Crippen molar-refractivity contribution < 1.29 is 87.9 Å². The topological polar surface area (TPSA) is 18.5 Å². The van der Waals surface area contributed by atoms with Gasteiger partial charge in [-0.25, -0.2) is 52.7 Å². The second kappa shape index (κ2) is 14.5. The third-order valence-electron chi connectivity index (χ3n) is 5.93. The van der Waals surface area contributed by atoms with Crippen molar-refractivity contribution in [1.29, 1.82) is 0 Å². The van der Waals surface area contributed by atoms with E-state index in [1.807, 2.05) is 0 Å². The Morgan fingerprint density at radius 1 is 0.372 bits per heavy atom. The third kappa shape index (κ3) is 19.1. The monoisotopic (exact) mass is 696 g/mol. The third-order valence-corrected chi connectivity index (χ3v) is 9.65. The molecule has 0 saturated heterocycles. The van der Waals surface area contributed by atoms with E-state index in [0.29, 0.717) is 0 Å². The first-order valence-electron chi connectivity index (χ1n) is 12.3. The van der Waals surface area contributed by atoms with Gasteiger partial charge >= 0.3 is 20.9 Å². The largest absolute Gasteiger partial charge is 0.398 e. The highest BCUT2D eigenvalue weighted by Gasteiger charge is 2.54. The van der Waals surface area contributed by atoms with Crippen LogP contribution in [0.4, 0.5) is 79.0 Å². The first-order chi connectivity index (χ1) is 18.8. The molecule has 0 aromatic heterocycles. The molecule has 0 spiro atoms. The number of hydrogen-bond acceptors (Lipinski definition) is 2. The number of alkyl halides is 18.